The zero-order chi connectivity index (χ0) is 11.0. The summed E-state index contributed by atoms with van der Waals surface area (Å²) in [4.78, 5) is 2.49. The van der Waals surface area contributed by atoms with Gasteiger partial charge in [0.25, 0.3) is 0 Å². The molecule has 1 aromatic heterocycles. The number of aromatic nitrogens is 2. The van der Waals surface area contributed by atoms with E-state index in [1.807, 2.05) is 7.05 Å². The largest absolute Gasteiger partial charge is 0.384 e. The zero-order valence-electron chi connectivity index (χ0n) is 9.82. The highest BCUT2D eigenvalue weighted by molar-refractivity contribution is 5.44. The molecule has 15 heavy (non-hydrogen) atoms. The highest BCUT2D eigenvalue weighted by atomic mass is 15.3. The highest BCUT2D eigenvalue weighted by Crippen LogP contribution is 2.24. The lowest BCUT2D eigenvalue weighted by Gasteiger charge is -2.31. The molecule has 1 unspecified atom stereocenters. The number of anilines is 1. The van der Waals surface area contributed by atoms with Crippen molar-refractivity contribution in [3.8, 4) is 0 Å². The fourth-order valence-electron chi connectivity index (χ4n) is 2.18. The second kappa shape index (κ2) is 3.85. The summed E-state index contributed by atoms with van der Waals surface area (Å²) < 4.78 is 1.80. The molecule has 0 saturated heterocycles. The highest BCUT2D eigenvalue weighted by Gasteiger charge is 2.24. The van der Waals surface area contributed by atoms with Gasteiger partial charge in [-0.1, -0.05) is 6.92 Å². The molecular weight excluding hydrogens is 188 g/mol. The van der Waals surface area contributed by atoms with Crippen LogP contribution in [-0.4, -0.2) is 27.3 Å². The summed E-state index contributed by atoms with van der Waals surface area (Å²) in [5, 5.41) is 4.44. The molecular formula is C11H20N4. The van der Waals surface area contributed by atoms with Gasteiger partial charge < -0.3 is 5.73 Å². The number of hydrogen-bond donors (Lipinski definition) is 1. The molecule has 0 aliphatic carbocycles. The van der Waals surface area contributed by atoms with Crippen LogP contribution in [0.1, 0.15) is 31.5 Å². The monoisotopic (exact) mass is 208 g/mol. The average molecular weight is 208 g/mol. The van der Waals surface area contributed by atoms with Gasteiger partial charge in [-0.25, -0.2) is 0 Å². The first-order valence-corrected chi connectivity index (χ1v) is 5.67. The topological polar surface area (TPSA) is 47.1 Å². The van der Waals surface area contributed by atoms with E-state index in [4.69, 9.17) is 5.73 Å². The van der Waals surface area contributed by atoms with Crippen LogP contribution in [0.4, 0.5) is 5.82 Å². The molecule has 0 amide bonds. The molecule has 0 aromatic carbocycles. The summed E-state index contributed by atoms with van der Waals surface area (Å²) >= 11 is 0. The van der Waals surface area contributed by atoms with Gasteiger partial charge in [-0.3, -0.25) is 9.58 Å². The van der Waals surface area contributed by atoms with E-state index in [0.29, 0.717) is 6.04 Å². The maximum atomic E-state index is 6.00. The number of aryl methyl sites for hydroxylation is 1. The standard InChI is InChI=1S/C11H20N4/c1-4-8(2)15-6-5-10-9(7-15)11(12)14(3)13-10/h8H,4-7,12H2,1-3H3. The predicted molar refractivity (Wildman–Crippen MR) is 61.5 cm³/mol. The number of nitrogen functional groups attached to an aromatic ring is 1. The Labute approximate surface area is 91.1 Å². The van der Waals surface area contributed by atoms with Gasteiger partial charge in [0.2, 0.25) is 0 Å². The average Bonchev–Trinajstić information content (AvgIpc) is 2.54. The minimum Gasteiger partial charge on any atom is -0.384 e. The first-order chi connectivity index (χ1) is 7.13. The SMILES string of the molecule is CCC(C)N1CCc2nn(C)c(N)c2C1. The van der Waals surface area contributed by atoms with Gasteiger partial charge in [0.15, 0.2) is 0 Å². The molecule has 2 N–H and O–H groups in total. The third kappa shape index (κ3) is 1.74. The van der Waals surface area contributed by atoms with Crippen LogP contribution < -0.4 is 5.73 Å². The Balaban J connectivity index is 2.22. The molecule has 0 saturated carbocycles. The van der Waals surface area contributed by atoms with Crippen LogP contribution in [0, 0.1) is 0 Å². The number of rotatable bonds is 2. The Morgan fingerprint density at radius 1 is 1.53 bits per heavy atom. The first kappa shape index (κ1) is 10.5. The van der Waals surface area contributed by atoms with Crippen LogP contribution >= 0.6 is 0 Å². The lowest BCUT2D eigenvalue weighted by molar-refractivity contribution is 0.186. The maximum absolute atomic E-state index is 6.00. The minimum atomic E-state index is 0.637. The molecule has 4 heteroatoms. The molecule has 1 atom stereocenters. The summed E-state index contributed by atoms with van der Waals surface area (Å²) in [6.45, 7) is 6.58. The summed E-state index contributed by atoms with van der Waals surface area (Å²) in [5.41, 5.74) is 8.43. The number of nitrogens with two attached hydrogens (primary N) is 1. The molecule has 2 heterocycles. The van der Waals surface area contributed by atoms with Crippen LogP contribution in [-0.2, 0) is 20.0 Å². The Morgan fingerprint density at radius 3 is 2.93 bits per heavy atom. The van der Waals surface area contributed by atoms with Crippen LogP contribution in [0.15, 0.2) is 0 Å². The summed E-state index contributed by atoms with van der Waals surface area (Å²) in [7, 11) is 1.92. The fourth-order valence-corrected chi connectivity index (χ4v) is 2.18. The number of nitrogens with zero attached hydrogens (tertiary/aromatic N) is 3. The van der Waals surface area contributed by atoms with Crippen molar-refractivity contribution in [2.24, 2.45) is 7.05 Å². The molecule has 2 rings (SSSR count). The smallest absolute Gasteiger partial charge is 0.126 e. The third-order valence-electron chi connectivity index (χ3n) is 3.49. The van der Waals surface area contributed by atoms with Crippen LogP contribution in [0.5, 0.6) is 0 Å². The molecule has 1 aliphatic rings. The predicted octanol–water partition coefficient (Wildman–Crippen LogP) is 1.16. The van der Waals surface area contributed by atoms with Crippen molar-refractivity contribution in [3.05, 3.63) is 11.3 Å². The van der Waals surface area contributed by atoms with Gasteiger partial charge >= 0.3 is 0 Å². The minimum absolute atomic E-state index is 0.637. The van der Waals surface area contributed by atoms with E-state index in [9.17, 15) is 0 Å². The summed E-state index contributed by atoms with van der Waals surface area (Å²) in [5.74, 6) is 0.831. The van der Waals surface area contributed by atoms with Crippen molar-refractivity contribution >= 4 is 5.82 Å². The van der Waals surface area contributed by atoms with Gasteiger partial charge in [0, 0.05) is 38.2 Å². The van der Waals surface area contributed by atoms with Gasteiger partial charge in [-0.2, -0.15) is 5.10 Å². The van der Waals surface area contributed by atoms with Gasteiger partial charge in [0.05, 0.1) is 5.69 Å². The molecule has 84 valence electrons. The quantitative estimate of drug-likeness (QED) is 0.793. The molecule has 1 aromatic rings. The molecule has 4 nitrogen and oxygen atoms in total. The van der Waals surface area contributed by atoms with E-state index < -0.39 is 0 Å². The van der Waals surface area contributed by atoms with Crippen molar-refractivity contribution < 1.29 is 0 Å². The van der Waals surface area contributed by atoms with Crippen LogP contribution in [0.2, 0.25) is 0 Å². The summed E-state index contributed by atoms with van der Waals surface area (Å²) in [6.07, 6.45) is 2.22. The zero-order valence-corrected chi connectivity index (χ0v) is 9.82. The van der Waals surface area contributed by atoms with E-state index in [0.717, 1.165) is 25.3 Å². The molecule has 0 spiro atoms. The maximum Gasteiger partial charge on any atom is 0.126 e. The number of fused-ring (bicyclic) bond motifs is 1. The van der Waals surface area contributed by atoms with Crippen molar-refractivity contribution in [3.63, 3.8) is 0 Å². The first-order valence-electron chi connectivity index (χ1n) is 5.67. The van der Waals surface area contributed by atoms with Crippen molar-refractivity contribution in [2.75, 3.05) is 12.3 Å². The van der Waals surface area contributed by atoms with Gasteiger partial charge in [-0.05, 0) is 13.3 Å². The molecule has 0 fully saturated rings. The van der Waals surface area contributed by atoms with E-state index in [-0.39, 0.29) is 0 Å². The van der Waals surface area contributed by atoms with E-state index in [1.165, 1.54) is 17.7 Å². The lowest BCUT2D eigenvalue weighted by Crippen LogP contribution is -2.37. The Hall–Kier alpha value is -1.03. The molecule has 0 radical (unpaired) electrons. The third-order valence-corrected chi connectivity index (χ3v) is 3.49. The van der Waals surface area contributed by atoms with Crippen molar-refractivity contribution in [2.45, 2.75) is 39.3 Å². The van der Waals surface area contributed by atoms with Gasteiger partial charge in [-0.15, -0.1) is 0 Å². The second-order valence-electron chi connectivity index (χ2n) is 4.41. The van der Waals surface area contributed by atoms with Gasteiger partial charge in [0.1, 0.15) is 5.82 Å². The molecule has 1 aliphatic heterocycles. The Bertz CT molecular complexity index is 356. The fraction of sp³-hybridized carbons (Fsp3) is 0.727. The van der Waals surface area contributed by atoms with Crippen LogP contribution in [0.3, 0.4) is 0 Å². The normalized spacial score (nSPS) is 18.9. The molecule has 0 bridgehead atoms. The van der Waals surface area contributed by atoms with Crippen molar-refractivity contribution in [1.82, 2.24) is 14.7 Å². The van der Waals surface area contributed by atoms with E-state index in [2.05, 4.69) is 23.8 Å². The van der Waals surface area contributed by atoms with Crippen molar-refractivity contribution in [1.29, 1.82) is 0 Å². The van der Waals surface area contributed by atoms with Crippen LogP contribution in [0.25, 0.3) is 0 Å². The lowest BCUT2D eigenvalue weighted by atomic mass is 10.0. The number of hydrogen-bond acceptors (Lipinski definition) is 3. The summed E-state index contributed by atoms with van der Waals surface area (Å²) in [6, 6.07) is 0.637. The Morgan fingerprint density at radius 2 is 2.27 bits per heavy atom. The van der Waals surface area contributed by atoms with E-state index in [1.54, 1.807) is 4.68 Å². The van der Waals surface area contributed by atoms with E-state index >= 15 is 0 Å². The Kier molecular flexibility index (Phi) is 2.69. The second-order valence-corrected chi connectivity index (χ2v) is 4.41.